The number of hydrazone groups is 1. The predicted octanol–water partition coefficient (Wildman–Crippen LogP) is 3.88. The van der Waals surface area contributed by atoms with Gasteiger partial charge in [0.05, 0.1) is 6.21 Å². The number of anilines is 1. The molecule has 3 rings (SSSR count). The van der Waals surface area contributed by atoms with Crippen LogP contribution in [0.15, 0.2) is 64.3 Å². The minimum atomic E-state index is -0.397. The van der Waals surface area contributed by atoms with Crippen LogP contribution in [-0.4, -0.2) is 23.1 Å². The molecule has 3 N–H and O–H groups in total. The van der Waals surface area contributed by atoms with Crippen LogP contribution in [0.25, 0.3) is 10.9 Å². The zero-order valence-electron chi connectivity index (χ0n) is 13.1. The maximum atomic E-state index is 12.1. The number of rotatable bonds is 5. The minimum Gasteiger partial charge on any atom is -0.374 e. The zero-order chi connectivity index (χ0) is 16.9. The van der Waals surface area contributed by atoms with Crippen molar-refractivity contribution in [3.8, 4) is 0 Å². The van der Waals surface area contributed by atoms with Crippen molar-refractivity contribution in [2.75, 3.05) is 5.32 Å². The first-order chi connectivity index (χ1) is 11.6. The zero-order valence-corrected chi connectivity index (χ0v) is 14.7. The molecule has 0 aliphatic carbocycles. The Kier molecular flexibility index (Phi) is 4.96. The van der Waals surface area contributed by atoms with Crippen molar-refractivity contribution >= 4 is 44.6 Å². The number of aromatic amines is 1. The fourth-order valence-electron chi connectivity index (χ4n) is 2.32. The van der Waals surface area contributed by atoms with E-state index >= 15 is 0 Å². The third kappa shape index (κ3) is 3.83. The van der Waals surface area contributed by atoms with Gasteiger partial charge in [0.1, 0.15) is 6.04 Å². The molecule has 0 saturated carbocycles. The Morgan fingerprint density at radius 2 is 1.96 bits per heavy atom. The third-order valence-corrected chi connectivity index (χ3v) is 4.15. The van der Waals surface area contributed by atoms with Crippen LogP contribution < -0.4 is 10.7 Å². The maximum Gasteiger partial charge on any atom is 0.262 e. The van der Waals surface area contributed by atoms with Crippen LogP contribution in [0.1, 0.15) is 12.5 Å². The number of H-pyrrole nitrogens is 1. The van der Waals surface area contributed by atoms with Crippen molar-refractivity contribution in [2.45, 2.75) is 13.0 Å². The number of hydrogen-bond acceptors (Lipinski definition) is 3. The van der Waals surface area contributed by atoms with Gasteiger partial charge in [-0.25, -0.2) is 5.43 Å². The van der Waals surface area contributed by atoms with E-state index in [1.54, 1.807) is 13.1 Å². The second-order valence-corrected chi connectivity index (χ2v) is 6.31. The molecule has 24 heavy (non-hydrogen) atoms. The normalized spacial score (nSPS) is 12.4. The summed E-state index contributed by atoms with van der Waals surface area (Å²) in [7, 11) is 0. The summed E-state index contributed by atoms with van der Waals surface area (Å²) < 4.78 is 0.994. The third-order valence-electron chi connectivity index (χ3n) is 3.62. The molecule has 0 unspecified atom stereocenters. The van der Waals surface area contributed by atoms with Gasteiger partial charge in [0, 0.05) is 32.8 Å². The molecule has 0 aliphatic heterocycles. The number of halogens is 1. The fraction of sp³-hybridized carbons (Fsp3) is 0.111. The Hall–Kier alpha value is -2.60. The highest BCUT2D eigenvalue weighted by molar-refractivity contribution is 9.10. The monoisotopic (exact) mass is 384 g/mol. The quantitative estimate of drug-likeness (QED) is 0.461. The molecule has 1 atom stereocenters. The lowest BCUT2D eigenvalue weighted by molar-refractivity contribution is -0.121. The molecular weight excluding hydrogens is 368 g/mol. The Labute approximate surface area is 148 Å². The number of hydrogen-bond donors (Lipinski definition) is 3. The molecule has 5 nitrogen and oxygen atoms in total. The van der Waals surface area contributed by atoms with Gasteiger partial charge in [-0.1, -0.05) is 34.1 Å². The summed E-state index contributed by atoms with van der Waals surface area (Å²) in [5.41, 5.74) is 5.41. The van der Waals surface area contributed by atoms with Crippen LogP contribution in [-0.2, 0) is 4.79 Å². The maximum absolute atomic E-state index is 12.1. The van der Waals surface area contributed by atoms with Crippen LogP contribution in [0.4, 0.5) is 5.69 Å². The van der Waals surface area contributed by atoms with Gasteiger partial charge >= 0.3 is 0 Å². The SMILES string of the molecule is C[C@@H](Nc1ccc(Br)cc1)C(=O)N/N=C\c1c[nH]c2ccccc12. The van der Waals surface area contributed by atoms with Gasteiger partial charge in [-0.05, 0) is 37.3 Å². The summed E-state index contributed by atoms with van der Waals surface area (Å²) in [4.78, 5) is 15.3. The second kappa shape index (κ2) is 7.31. The molecule has 0 spiro atoms. The first kappa shape index (κ1) is 16.3. The number of aromatic nitrogens is 1. The standard InChI is InChI=1S/C18H17BrN4O/c1-12(22-15-8-6-14(19)7-9-15)18(24)23-21-11-13-10-20-17-5-3-2-4-16(13)17/h2-12,20,22H,1H3,(H,23,24)/b21-11-/t12-/m1/s1. The van der Waals surface area contributed by atoms with E-state index in [1.807, 2.05) is 54.7 Å². The van der Waals surface area contributed by atoms with Crippen molar-refractivity contribution in [1.29, 1.82) is 0 Å². The molecule has 1 aromatic heterocycles. The summed E-state index contributed by atoms with van der Waals surface area (Å²) in [5, 5.41) is 8.24. The number of amides is 1. The van der Waals surface area contributed by atoms with Gasteiger partial charge in [-0.2, -0.15) is 5.10 Å². The van der Waals surface area contributed by atoms with E-state index in [2.05, 4.69) is 36.8 Å². The second-order valence-electron chi connectivity index (χ2n) is 5.40. The van der Waals surface area contributed by atoms with Crippen molar-refractivity contribution in [1.82, 2.24) is 10.4 Å². The van der Waals surface area contributed by atoms with Gasteiger partial charge in [-0.3, -0.25) is 4.79 Å². The molecule has 0 saturated heterocycles. The van der Waals surface area contributed by atoms with Crippen molar-refractivity contribution < 1.29 is 4.79 Å². The van der Waals surface area contributed by atoms with Gasteiger partial charge in [0.2, 0.25) is 0 Å². The largest absolute Gasteiger partial charge is 0.374 e. The topological polar surface area (TPSA) is 69.3 Å². The fourth-order valence-corrected chi connectivity index (χ4v) is 2.59. The number of nitrogens with zero attached hydrogens (tertiary/aromatic N) is 1. The lowest BCUT2D eigenvalue weighted by atomic mass is 10.2. The molecule has 6 heteroatoms. The number of nitrogens with one attached hydrogen (secondary N) is 3. The van der Waals surface area contributed by atoms with E-state index in [0.717, 1.165) is 26.6 Å². The summed E-state index contributed by atoms with van der Waals surface area (Å²) >= 11 is 3.38. The lowest BCUT2D eigenvalue weighted by Gasteiger charge is -2.13. The summed E-state index contributed by atoms with van der Waals surface area (Å²) in [6, 6.07) is 15.2. The number of fused-ring (bicyclic) bond motifs is 1. The van der Waals surface area contributed by atoms with E-state index in [1.165, 1.54) is 0 Å². The highest BCUT2D eigenvalue weighted by Crippen LogP contribution is 2.16. The van der Waals surface area contributed by atoms with Crippen LogP contribution in [0.2, 0.25) is 0 Å². The Morgan fingerprint density at radius 3 is 2.75 bits per heavy atom. The molecule has 0 radical (unpaired) electrons. The number of benzene rings is 2. The van der Waals surface area contributed by atoms with E-state index < -0.39 is 6.04 Å². The van der Waals surface area contributed by atoms with Crippen molar-refractivity contribution in [3.05, 3.63) is 64.8 Å². The number of carbonyl (C=O) groups excluding carboxylic acids is 1. The Morgan fingerprint density at radius 1 is 1.21 bits per heavy atom. The average Bonchev–Trinajstić information content (AvgIpc) is 3.00. The van der Waals surface area contributed by atoms with Gasteiger partial charge in [0.15, 0.2) is 0 Å². The highest BCUT2D eigenvalue weighted by atomic mass is 79.9. The molecule has 1 heterocycles. The first-order valence-corrected chi connectivity index (χ1v) is 8.34. The molecular formula is C18H17BrN4O. The van der Waals surface area contributed by atoms with Crippen molar-refractivity contribution in [3.63, 3.8) is 0 Å². The summed E-state index contributed by atoms with van der Waals surface area (Å²) in [6.07, 6.45) is 3.51. The average molecular weight is 385 g/mol. The molecule has 0 fully saturated rings. The van der Waals surface area contributed by atoms with Crippen LogP contribution >= 0.6 is 15.9 Å². The highest BCUT2D eigenvalue weighted by Gasteiger charge is 2.11. The Balaban J connectivity index is 1.59. The summed E-state index contributed by atoms with van der Waals surface area (Å²) in [6.45, 7) is 1.79. The minimum absolute atomic E-state index is 0.200. The Bertz CT molecular complexity index is 870. The molecule has 2 aromatic carbocycles. The van der Waals surface area contributed by atoms with Crippen molar-refractivity contribution in [2.24, 2.45) is 5.10 Å². The molecule has 122 valence electrons. The molecule has 3 aromatic rings. The van der Waals surface area contributed by atoms with Crippen LogP contribution in [0, 0.1) is 0 Å². The number of carbonyl (C=O) groups is 1. The van der Waals surface area contributed by atoms with E-state index in [9.17, 15) is 4.79 Å². The number of para-hydroxylation sites is 1. The predicted molar refractivity (Wildman–Crippen MR) is 101 cm³/mol. The van der Waals surface area contributed by atoms with Crippen LogP contribution in [0.3, 0.4) is 0 Å². The van der Waals surface area contributed by atoms with Gasteiger partial charge in [0.25, 0.3) is 5.91 Å². The summed E-state index contributed by atoms with van der Waals surface area (Å²) in [5.74, 6) is -0.200. The lowest BCUT2D eigenvalue weighted by Crippen LogP contribution is -2.34. The molecule has 1 amide bonds. The smallest absolute Gasteiger partial charge is 0.262 e. The van der Waals surface area contributed by atoms with E-state index in [4.69, 9.17) is 0 Å². The van der Waals surface area contributed by atoms with Gasteiger partial charge < -0.3 is 10.3 Å². The van der Waals surface area contributed by atoms with Crippen LogP contribution in [0.5, 0.6) is 0 Å². The molecule has 0 aliphatic rings. The van der Waals surface area contributed by atoms with E-state index in [-0.39, 0.29) is 5.91 Å². The first-order valence-electron chi connectivity index (χ1n) is 7.54. The van der Waals surface area contributed by atoms with E-state index in [0.29, 0.717) is 0 Å². The molecule has 0 bridgehead atoms. The van der Waals surface area contributed by atoms with Gasteiger partial charge in [-0.15, -0.1) is 0 Å².